The van der Waals surface area contributed by atoms with Gasteiger partial charge in [0.2, 0.25) is 5.88 Å². The lowest BCUT2D eigenvalue weighted by atomic mass is 10.2. The van der Waals surface area contributed by atoms with Crippen LogP contribution >= 0.6 is 0 Å². The van der Waals surface area contributed by atoms with E-state index in [1.54, 1.807) is 7.11 Å². The fourth-order valence-electron chi connectivity index (χ4n) is 3.62. The predicted octanol–water partition coefficient (Wildman–Crippen LogP) is 4.20. The number of terminal acetylenes is 1. The molecule has 0 saturated carbocycles. The smallest absolute Gasteiger partial charge is 0.227 e. The minimum absolute atomic E-state index is 0.167. The number of rotatable bonds is 12. The van der Waals surface area contributed by atoms with Gasteiger partial charge in [0.15, 0.2) is 11.5 Å². The van der Waals surface area contributed by atoms with Crippen molar-refractivity contribution in [3.8, 4) is 35.4 Å². The molecule has 7 heteroatoms. The molecule has 1 unspecified atom stereocenters. The Balaban J connectivity index is 1.97. The lowest BCUT2D eigenvalue weighted by molar-refractivity contribution is 0.0190. The van der Waals surface area contributed by atoms with Gasteiger partial charge in [-0.1, -0.05) is 36.3 Å². The van der Waals surface area contributed by atoms with Crippen LogP contribution in [0.15, 0.2) is 54.6 Å². The van der Waals surface area contributed by atoms with Crippen molar-refractivity contribution in [3.05, 3.63) is 65.9 Å². The summed E-state index contributed by atoms with van der Waals surface area (Å²) in [5, 5.41) is 15.3. The van der Waals surface area contributed by atoms with Crippen LogP contribution in [0.4, 0.5) is 0 Å². The van der Waals surface area contributed by atoms with Crippen LogP contribution in [-0.4, -0.2) is 58.8 Å². The average molecular weight is 464 g/mol. The zero-order valence-electron chi connectivity index (χ0n) is 20.3. The fraction of sp³-hybridized carbons (Fsp3) is 0.370. The first-order valence-corrected chi connectivity index (χ1v) is 11.3. The molecule has 180 valence electrons. The Morgan fingerprint density at radius 2 is 1.76 bits per heavy atom. The minimum atomic E-state index is -0.668. The number of aliphatic hydroxyl groups excluding tert-OH is 1. The number of nitrogens with zero attached hydrogens (tertiary/aromatic N) is 3. The van der Waals surface area contributed by atoms with Crippen LogP contribution in [0.1, 0.15) is 25.1 Å². The van der Waals surface area contributed by atoms with Crippen molar-refractivity contribution >= 4 is 0 Å². The maximum absolute atomic E-state index is 10.5. The molecule has 1 aromatic heterocycles. The van der Waals surface area contributed by atoms with Gasteiger partial charge in [-0.2, -0.15) is 5.10 Å². The van der Waals surface area contributed by atoms with Crippen molar-refractivity contribution in [2.75, 3.05) is 26.9 Å². The van der Waals surface area contributed by atoms with Gasteiger partial charge in [-0.05, 0) is 45.0 Å². The molecule has 0 aliphatic heterocycles. The van der Waals surface area contributed by atoms with Gasteiger partial charge >= 0.3 is 0 Å². The highest BCUT2D eigenvalue weighted by molar-refractivity contribution is 5.47. The molecule has 0 amide bonds. The summed E-state index contributed by atoms with van der Waals surface area (Å²) < 4.78 is 19.1. The van der Waals surface area contributed by atoms with Crippen molar-refractivity contribution in [2.24, 2.45) is 0 Å². The van der Waals surface area contributed by atoms with Gasteiger partial charge in [0.25, 0.3) is 0 Å². The summed E-state index contributed by atoms with van der Waals surface area (Å²) in [7, 11) is 1.62. The first kappa shape index (κ1) is 25.3. The SMILES string of the molecule is C#CCOCC(O)CN(Cc1c(C)nn(-c2ccccc2)c1Oc1ccccc1OC)C(C)C. The molecule has 0 spiro atoms. The largest absolute Gasteiger partial charge is 0.493 e. The number of hydrogen-bond donors (Lipinski definition) is 1. The molecule has 1 N–H and O–H groups in total. The normalized spacial score (nSPS) is 12.1. The zero-order valence-corrected chi connectivity index (χ0v) is 20.3. The molecule has 7 nitrogen and oxygen atoms in total. The van der Waals surface area contributed by atoms with Crippen molar-refractivity contribution in [1.82, 2.24) is 14.7 Å². The van der Waals surface area contributed by atoms with E-state index in [9.17, 15) is 5.11 Å². The highest BCUT2D eigenvalue weighted by Crippen LogP contribution is 2.36. The second kappa shape index (κ2) is 12.2. The molecule has 3 rings (SSSR count). The molecular weight excluding hydrogens is 430 g/mol. The van der Waals surface area contributed by atoms with Crippen molar-refractivity contribution < 1.29 is 19.3 Å². The van der Waals surface area contributed by atoms with Crippen LogP contribution in [0.3, 0.4) is 0 Å². The molecule has 34 heavy (non-hydrogen) atoms. The van der Waals surface area contributed by atoms with E-state index in [0.717, 1.165) is 16.9 Å². The highest BCUT2D eigenvalue weighted by Gasteiger charge is 2.24. The van der Waals surface area contributed by atoms with Crippen LogP contribution in [0.5, 0.6) is 17.4 Å². The number of aromatic nitrogens is 2. The van der Waals surface area contributed by atoms with E-state index < -0.39 is 6.10 Å². The summed E-state index contributed by atoms with van der Waals surface area (Å²) in [6, 6.07) is 17.6. The maximum Gasteiger partial charge on any atom is 0.227 e. The Kier molecular flexibility index (Phi) is 9.11. The molecule has 3 aromatic rings. The van der Waals surface area contributed by atoms with E-state index in [2.05, 4.69) is 24.7 Å². The molecule has 0 aliphatic carbocycles. The van der Waals surface area contributed by atoms with Gasteiger partial charge in [0.05, 0.1) is 36.8 Å². The monoisotopic (exact) mass is 463 g/mol. The van der Waals surface area contributed by atoms with E-state index in [4.69, 9.17) is 25.7 Å². The Labute approximate surface area is 201 Å². The summed E-state index contributed by atoms with van der Waals surface area (Å²) in [6.07, 6.45) is 4.57. The molecular formula is C27H33N3O4. The molecule has 0 saturated heterocycles. The van der Waals surface area contributed by atoms with Gasteiger partial charge in [0, 0.05) is 19.1 Å². The lowest BCUT2D eigenvalue weighted by Crippen LogP contribution is -2.39. The number of aryl methyl sites for hydroxylation is 1. The van der Waals surface area contributed by atoms with E-state index in [1.165, 1.54) is 0 Å². The van der Waals surface area contributed by atoms with Gasteiger partial charge in [-0.25, -0.2) is 4.68 Å². The van der Waals surface area contributed by atoms with Gasteiger partial charge < -0.3 is 19.3 Å². The summed E-state index contributed by atoms with van der Waals surface area (Å²) in [6.45, 7) is 7.46. The Morgan fingerprint density at radius 1 is 1.09 bits per heavy atom. The molecule has 0 fully saturated rings. The maximum atomic E-state index is 10.5. The summed E-state index contributed by atoms with van der Waals surface area (Å²) >= 11 is 0. The van der Waals surface area contributed by atoms with E-state index >= 15 is 0 Å². The van der Waals surface area contributed by atoms with E-state index in [0.29, 0.717) is 30.5 Å². The Hall–Kier alpha value is -3.31. The number of benzene rings is 2. The third-order valence-corrected chi connectivity index (χ3v) is 5.45. The first-order chi connectivity index (χ1) is 16.4. The summed E-state index contributed by atoms with van der Waals surface area (Å²) in [4.78, 5) is 2.17. The van der Waals surface area contributed by atoms with Crippen LogP contribution < -0.4 is 9.47 Å². The number of hydrogen-bond acceptors (Lipinski definition) is 6. The standard InChI is InChI=1S/C27H33N3O4/c1-6-16-33-19-23(31)17-29(20(2)3)18-24-21(4)28-30(22-12-8-7-9-13-22)27(24)34-26-15-11-10-14-25(26)32-5/h1,7-15,20,23,31H,16-19H2,2-5H3. The van der Waals surface area contributed by atoms with Gasteiger partial charge in [-0.3, -0.25) is 4.90 Å². The second-order valence-electron chi connectivity index (χ2n) is 8.27. The van der Waals surface area contributed by atoms with E-state index in [-0.39, 0.29) is 19.3 Å². The molecule has 0 aliphatic rings. The molecule has 1 heterocycles. The molecule has 0 bridgehead atoms. The second-order valence-corrected chi connectivity index (χ2v) is 8.27. The molecule has 1 atom stereocenters. The number of ether oxygens (including phenoxy) is 3. The van der Waals surface area contributed by atoms with Crippen LogP contribution in [-0.2, 0) is 11.3 Å². The van der Waals surface area contributed by atoms with E-state index in [1.807, 2.05) is 66.2 Å². The fourth-order valence-corrected chi connectivity index (χ4v) is 3.62. The summed E-state index contributed by atoms with van der Waals surface area (Å²) in [5.74, 6) is 4.26. The molecule has 2 aromatic carbocycles. The molecule has 0 radical (unpaired) electrons. The van der Waals surface area contributed by atoms with Crippen LogP contribution in [0.2, 0.25) is 0 Å². The number of aliphatic hydroxyl groups is 1. The van der Waals surface area contributed by atoms with Crippen LogP contribution in [0.25, 0.3) is 5.69 Å². The number of methoxy groups -OCH3 is 1. The minimum Gasteiger partial charge on any atom is -0.493 e. The zero-order chi connectivity index (χ0) is 24.5. The quantitative estimate of drug-likeness (QED) is 0.321. The first-order valence-electron chi connectivity index (χ1n) is 11.3. The van der Waals surface area contributed by atoms with Crippen molar-refractivity contribution in [2.45, 2.75) is 39.5 Å². The third kappa shape index (κ3) is 6.39. The van der Waals surface area contributed by atoms with Gasteiger partial charge in [0.1, 0.15) is 6.61 Å². The Bertz CT molecular complexity index is 1090. The van der Waals surface area contributed by atoms with Crippen molar-refractivity contribution in [1.29, 1.82) is 0 Å². The van der Waals surface area contributed by atoms with Crippen LogP contribution in [0, 0.1) is 19.3 Å². The van der Waals surface area contributed by atoms with Gasteiger partial charge in [-0.15, -0.1) is 6.42 Å². The third-order valence-electron chi connectivity index (χ3n) is 5.45. The average Bonchev–Trinajstić information content (AvgIpc) is 3.14. The summed E-state index contributed by atoms with van der Waals surface area (Å²) in [5.41, 5.74) is 2.67. The van der Waals surface area contributed by atoms with Crippen molar-refractivity contribution in [3.63, 3.8) is 0 Å². The topological polar surface area (TPSA) is 69.0 Å². The predicted molar refractivity (Wildman–Crippen MR) is 133 cm³/mol. The highest BCUT2D eigenvalue weighted by atomic mass is 16.5. The number of para-hydroxylation sites is 3. The lowest BCUT2D eigenvalue weighted by Gasteiger charge is -2.29. The Morgan fingerprint density at radius 3 is 2.41 bits per heavy atom.